The van der Waals surface area contributed by atoms with E-state index in [4.69, 9.17) is 0 Å². The maximum absolute atomic E-state index is 12.5. The van der Waals surface area contributed by atoms with Crippen molar-refractivity contribution >= 4 is 6.03 Å². The summed E-state index contributed by atoms with van der Waals surface area (Å²) < 4.78 is 1.70. The number of benzene rings is 1. The van der Waals surface area contributed by atoms with Gasteiger partial charge in [0.2, 0.25) is 0 Å². The average molecular weight is 347 g/mol. The van der Waals surface area contributed by atoms with Gasteiger partial charge >= 0.3 is 6.03 Å². The van der Waals surface area contributed by atoms with E-state index in [1.165, 1.54) is 5.56 Å². The molecule has 0 saturated heterocycles. The van der Waals surface area contributed by atoms with E-state index in [2.05, 4.69) is 32.8 Å². The molecule has 2 heterocycles. The highest BCUT2D eigenvalue weighted by atomic mass is 16.2. The number of aromatic nitrogens is 3. The van der Waals surface area contributed by atoms with Gasteiger partial charge in [-0.15, -0.1) is 0 Å². The van der Waals surface area contributed by atoms with Crippen LogP contribution in [0.4, 0.5) is 4.79 Å². The van der Waals surface area contributed by atoms with Crippen LogP contribution in [0.1, 0.15) is 30.4 Å². The number of nitrogens with one attached hydrogen (secondary N) is 2. The maximum Gasteiger partial charge on any atom is 0.315 e. The molecular formula is C20H21N5O. The fourth-order valence-corrected chi connectivity index (χ4v) is 3.32. The largest absolute Gasteiger partial charge is 0.334 e. The van der Waals surface area contributed by atoms with Crippen molar-refractivity contribution in [3.8, 4) is 5.82 Å². The molecule has 0 atom stereocenters. The summed E-state index contributed by atoms with van der Waals surface area (Å²) in [6, 6.07) is 15.7. The van der Waals surface area contributed by atoms with Crippen molar-refractivity contribution < 1.29 is 4.79 Å². The van der Waals surface area contributed by atoms with Crippen molar-refractivity contribution in [1.29, 1.82) is 0 Å². The number of hydrogen-bond donors (Lipinski definition) is 2. The molecule has 3 aromatic rings. The van der Waals surface area contributed by atoms with E-state index in [0.29, 0.717) is 6.54 Å². The highest BCUT2D eigenvalue weighted by Crippen LogP contribution is 2.41. The normalized spacial score (nSPS) is 15.1. The molecule has 0 aliphatic heterocycles. The SMILES string of the molecule is O=C(NCc1ccnc(-n2cccn2)c1)NC1(c2ccccc2)CCC1. The van der Waals surface area contributed by atoms with Gasteiger partial charge in [-0.3, -0.25) is 0 Å². The summed E-state index contributed by atoms with van der Waals surface area (Å²) >= 11 is 0. The zero-order chi connectivity index (χ0) is 17.8. The summed E-state index contributed by atoms with van der Waals surface area (Å²) in [7, 11) is 0. The number of amides is 2. The van der Waals surface area contributed by atoms with Crippen LogP contribution in [0.3, 0.4) is 0 Å². The smallest absolute Gasteiger partial charge is 0.315 e. The third-order valence-electron chi connectivity index (χ3n) is 4.89. The first kappa shape index (κ1) is 16.3. The summed E-state index contributed by atoms with van der Waals surface area (Å²) in [5, 5.41) is 10.3. The van der Waals surface area contributed by atoms with E-state index in [9.17, 15) is 4.79 Å². The standard InChI is InChI=1S/C20H21N5O/c26-19(24-20(9-4-10-20)17-6-2-1-3-7-17)22-15-16-8-12-21-18(14-16)25-13-5-11-23-25/h1-3,5-8,11-14H,4,9-10,15H2,(H2,22,24,26). The lowest BCUT2D eigenvalue weighted by Crippen LogP contribution is -2.53. The van der Waals surface area contributed by atoms with Gasteiger partial charge in [0.25, 0.3) is 0 Å². The molecule has 2 aromatic heterocycles. The fourth-order valence-electron chi connectivity index (χ4n) is 3.32. The van der Waals surface area contributed by atoms with Gasteiger partial charge in [0.15, 0.2) is 5.82 Å². The van der Waals surface area contributed by atoms with Crippen LogP contribution in [0.15, 0.2) is 67.1 Å². The minimum absolute atomic E-state index is 0.147. The van der Waals surface area contributed by atoms with Gasteiger partial charge in [0.05, 0.1) is 5.54 Å². The van der Waals surface area contributed by atoms with Crippen LogP contribution in [0.25, 0.3) is 5.82 Å². The number of pyridine rings is 1. The Kier molecular flexibility index (Phi) is 4.39. The molecule has 6 heteroatoms. The van der Waals surface area contributed by atoms with E-state index in [0.717, 1.165) is 30.6 Å². The zero-order valence-electron chi connectivity index (χ0n) is 14.4. The van der Waals surface area contributed by atoms with Crippen molar-refractivity contribution in [2.24, 2.45) is 0 Å². The van der Waals surface area contributed by atoms with Crippen molar-refractivity contribution in [2.75, 3.05) is 0 Å². The number of nitrogens with zero attached hydrogens (tertiary/aromatic N) is 3. The van der Waals surface area contributed by atoms with Crippen LogP contribution >= 0.6 is 0 Å². The monoisotopic (exact) mass is 347 g/mol. The first-order valence-electron chi connectivity index (χ1n) is 8.82. The Bertz CT molecular complexity index is 872. The lowest BCUT2D eigenvalue weighted by molar-refractivity contribution is 0.177. The van der Waals surface area contributed by atoms with E-state index >= 15 is 0 Å². The van der Waals surface area contributed by atoms with Crippen LogP contribution in [0.5, 0.6) is 0 Å². The molecule has 0 unspecified atom stereocenters. The Labute approximate surface area is 152 Å². The molecular weight excluding hydrogens is 326 g/mol. The van der Waals surface area contributed by atoms with Crippen LogP contribution in [0, 0.1) is 0 Å². The molecule has 1 saturated carbocycles. The van der Waals surface area contributed by atoms with E-state index in [1.807, 2.05) is 42.6 Å². The second-order valence-electron chi connectivity index (χ2n) is 6.58. The number of urea groups is 1. The molecule has 4 rings (SSSR count). The first-order valence-corrected chi connectivity index (χ1v) is 8.82. The van der Waals surface area contributed by atoms with Crippen LogP contribution in [0.2, 0.25) is 0 Å². The predicted octanol–water partition coefficient (Wildman–Crippen LogP) is 3.15. The summed E-state index contributed by atoms with van der Waals surface area (Å²) in [6.45, 7) is 0.438. The van der Waals surface area contributed by atoms with Gasteiger partial charge in [-0.1, -0.05) is 30.3 Å². The number of carbonyl (C=O) groups is 1. The third-order valence-corrected chi connectivity index (χ3v) is 4.89. The molecule has 1 fully saturated rings. The van der Waals surface area contributed by atoms with E-state index < -0.39 is 0 Å². The third kappa shape index (κ3) is 3.31. The Balaban J connectivity index is 1.39. The van der Waals surface area contributed by atoms with Crippen LogP contribution < -0.4 is 10.6 Å². The Morgan fingerprint density at radius 1 is 1.12 bits per heavy atom. The highest BCUT2D eigenvalue weighted by Gasteiger charge is 2.39. The molecule has 2 amide bonds. The summed E-state index contributed by atoms with van der Waals surface area (Å²) in [5.74, 6) is 0.731. The van der Waals surface area contributed by atoms with Gasteiger partial charge in [-0.2, -0.15) is 5.10 Å². The molecule has 1 aliphatic rings. The lowest BCUT2D eigenvalue weighted by Gasteiger charge is -2.43. The second-order valence-corrected chi connectivity index (χ2v) is 6.58. The summed E-state index contributed by atoms with van der Waals surface area (Å²) in [6.07, 6.45) is 8.36. The topological polar surface area (TPSA) is 71.8 Å². The number of hydrogen-bond acceptors (Lipinski definition) is 3. The van der Waals surface area contributed by atoms with Crippen molar-refractivity contribution in [2.45, 2.75) is 31.3 Å². The number of rotatable bonds is 5. The molecule has 26 heavy (non-hydrogen) atoms. The van der Waals surface area contributed by atoms with Gasteiger partial charge in [-0.25, -0.2) is 14.5 Å². The molecule has 1 aromatic carbocycles. The fraction of sp³-hybridized carbons (Fsp3) is 0.250. The molecule has 0 bridgehead atoms. The molecule has 1 aliphatic carbocycles. The Morgan fingerprint density at radius 2 is 1.96 bits per heavy atom. The molecule has 132 valence electrons. The minimum atomic E-state index is -0.232. The molecule has 0 spiro atoms. The predicted molar refractivity (Wildman–Crippen MR) is 98.7 cm³/mol. The van der Waals surface area contributed by atoms with Crippen molar-refractivity contribution in [1.82, 2.24) is 25.4 Å². The van der Waals surface area contributed by atoms with Crippen LogP contribution in [-0.4, -0.2) is 20.8 Å². The van der Waals surface area contributed by atoms with E-state index in [-0.39, 0.29) is 11.6 Å². The maximum atomic E-state index is 12.5. The van der Waals surface area contributed by atoms with E-state index in [1.54, 1.807) is 17.1 Å². The lowest BCUT2D eigenvalue weighted by atomic mass is 9.72. The average Bonchev–Trinajstić information content (AvgIpc) is 3.19. The minimum Gasteiger partial charge on any atom is -0.334 e. The Hall–Kier alpha value is -3.15. The van der Waals surface area contributed by atoms with Crippen molar-refractivity contribution in [3.05, 3.63) is 78.2 Å². The van der Waals surface area contributed by atoms with Gasteiger partial charge in [0, 0.05) is 25.1 Å². The molecule has 6 nitrogen and oxygen atoms in total. The van der Waals surface area contributed by atoms with Crippen molar-refractivity contribution in [3.63, 3.8) is 0 Å². The highest BCUT2D eigenvalue weighted by molar-refractivity contribution is 5.75. The summed E-state index contributed by atoms with van der Waals surface area (Å²) in [4.78, 5) is 16.8. The van der Waals surface area contributed by atoms with Crippen LogP contribution in [-0.2, 0) is 12.1 Å². The second kappa shape index (κ2) is 7.00. The summed E-state index contributed by atoms with van der Waals surface area (Å²) in [5.41, 5.74) is 1.92. The number of carbonyl (C=O) groups excluding carboxylic acids is 1. The van der Waals surface area contributed by atoms with Gasteiger partial charge in [0.1, 0.15) is 0 Å². The van der Waals surface area contributed by atoms with Gasteiger partial charge in [-0.05, 0) is 48.6 Å². The Morgan fingerprint density at radius 3 is 2.65 bits per heavy atom. The quantitative estimate of drug-likeness (QED) is 0.745. The van der Waals surface area contributed by atoms with Gasteiger partial charge < -0.3 is 10.6 Å². The first-order chi connectivity index (χ1) is 12.8. The molecule has 0 radical (unpaired) electrons. The molecule has 2 N–H and O–H groups in total. The zero-order valence-corrected chi connectivity index (χ0v) is 14.4.